The molecule has 3 heteroatoms. The quantitative estimate of drug-likeness (QED) is 0.672. The molecule has 3 fully saturated rings. The van der Waals surface area contributed by atoms with Crippen molar-refractivity contribution < 1.29 is 14.3 Å². The maximum atomic E-state index is 12.6. The lowest BCUT2D eigenvalue weighted by atomic mass is 9.69. The molecular weight excluding hydrogens is 228 g/mol. The van der Waals surface area contributed by atoms with Gasteiger partial charge in [0.05, 0.1) is 5.92 Å². The van der Waals surface area contributed by atoms with Gasteiger partial charge in [0.15, 0.2) is 0 Å². The van der Waals surface area contributed by atoms with E-state index in [2.05, 4.69) is 0 Å². The van der Waals surface area contributed by atoms with E-state index in [1.54, 1.807) is 0 Å². The molecular formula is C15H22O3. The van der Waals surface area contributed by atoms with Gasteiger partial charge in [-0.25, -0.2) is 0 Å². The van der Waals surface area contributed by atoms with Gasteiger partial charge >= 0.3 is 5.97 Å². The van der Waals surface area contributed by atoms with Gasteiger partial charge in [-0.1, -0.05) is 19.3 Å². The minimum Gasteiger partial charge on any atom is -0.458 e. The molecule has 3 saturated carbocycles. The van der Waals surface area contributed by atoms with Crippen molar-refractivity contribution in [3.8, 4) is 0 Å². The second-order valence-corrected chi connectivity index (χ2v) is 6.25. The third-order valence-electron chi connectivity index (χ3n) is 5.34. The van der Waals surface area contributed by atoms with E-state index in [0.717, 1.165) is 44.9 Å². The Balaban J connectivity index is 1.98. The number of esters is 1. The first-order valence-electron chi connectivity index (χ1n) is 7.38. The van der Waals surface area contributed by atoms with Gasteiger partial charge < -0.3 is 4.74 Å². The average molecular weight is 250 g/mol. The Kier molecular flexibility index (Phi) is 2.95. The van der Waals surface area contributed by atoms with Gasteiger partial charge in [-0.05, 0) is 32.1 Å². The Labute approximate surface area is 108 Å². The number of hydrogen-bond donors (Lipinski definition) is 0. The van der Waals surface area contributed by atoms with Crippen LogP contribution >= 0.6 is 0 Å². The summed E-state index contributed by atoms with van der Waals surface area (Å²) in [6.07, 6.45) is 8.48. The van der Waals surface area contributed by atoms with Gasteiger partial charge in [0.25, 0.3) is 0 Å². The van der Waals surface area contributed by atoms with E-state index in [0.29, 0.717) is 11.7 Å². The molecule has 0 aromatic carbocycles. The van der Waals surface area contributed by atoms with Gasteiger partial charge in [0.2, 0.25) is 0 Å². The fourth-order valence-electron chi connectivity index (χ4n) is 4.78. The summed E-state index contributed by atoms with van der Waals surface area (Å²) < 4.78 is 5.78. The van der Waals surface area contributed by atoms with Crippen molar-refractivity contribution in [1.82, 2.24) is 0 Å². The largest absolute Gasteiger partial charge is 0.458 e. The standard InChI is InChI=1S/C15H22O3/c1-10(16)18-15-9-5-4-8-13(15)14(17)11-6-2-3-7-12(11)15/h11-13H,2-9H2,1H3/t11-,12-,13-,15-/m1/s1. The summed E-state index contributed by atoms with van der Waals surface area (Å²) >= 11 is 0. The molecule has 0 saturated heterocycles. The van der Waals surface area contributed by atoms with Gasteiger partial charge in [-0.3, -0.25) is 9.59 Å². The van der Waals surface area contributed by atoms with E-state index in [1.165, 1.54) is 13.3 Å². The molecule has 3 aliphatic carbocycles. The number of hydrogen-bond acceptors (Lipinski definition) is 3. The van der Waals surface area contributed by atoms with E-state index in [4.69, 9.17) is 4.74 Å². The highest BCUT2D eigenvalue weighted by atomic mass is 16.6. The molecule has 4 atom stereocenters. The van der Waals surface area contributed by atoms with Crippen molar-refractivity contribution >= 4 is 11.8 Å². The molecule has 0 heterocycles. The van der Waals surface area contributed by atoms with Crippen LogP contribution < -0.4 is 0 Å². The van der Waals surface area contributed by atoms with Crippen LogP contribution in [0, 0.1) is 17.8 Å². The predicted molar refractivity (Wildman–Crippen MR) is 66.9 cm³/mol. The van der Waals surface area contributed by atoms with Crippen molar-refractivity contribution in [1.29, 1.82) is 0 Å². The van der Waals surface area contributed by atoms with Crippen LogP contribution in [-0.4, -0.2) is 17.4 Å². The first-order chi connectivity index (χ1) is 8.65. The first-order valence-corrected chi connectivity index (χ1v) is 7.38. The molecule has 18 heavy (non-hydrogen) atoms. The molecule has 0 aromatic heterocycles. The number of carbonyl (C=O) groups excluding carboxylic acids is 2. The third-order valence-corrected chi connectivity index (χ3v) is 5.34. The lowest BCUT2D eigenvalue weighted by molar-refractivity contribution is -0.174. The Hall–Kier alpha value is -0.860. The lowest BCUT2D eigenvalue weighted by Crippen LogP contribution is -2.47. The second-order valence-electron chi connectivity index (χ2n) is 6.25. The van der Waals surface area contributed by atoms with Gasteiger partial charge in [-0.2, -0.15) is 0 Å². The van der Waals surface area contributed by atoms with E-state index < -0.39 is 5.60 Å². The highest BCUT2D eigenvalue weighted by Gasteiger charge is 2.62. The van der Waals surface area contributed by atoms with E-state index >= 15 is 0 Å². The molecule has 3 rings (SSSR count). The topological polar surface area (TPSA) is 43.4 Å². The lowest BCUT2D eigenvalue weighted by Gasteiger charge is -2.43. The van der Waals surface area contributed by atoms with Gasteiger partial charge in [0, 0.05) is 18.8 Å². The summed E-state index contributed by atoms with van der Waals surface area (Å²) in [7, 11) is 0. The van der Waals surface area contributed by atoms with Crippen molar-refractivity contribution in [2.75, 3.05) is 0 Å². The summed E-state index contributed by atoms with van der Waals surface area (Å²) in [6.45, 7) is 1.49. The minimum atomic E-state index is -0.424. The number of ether oxygens (including phenoxy) is 1. The van der Waals surface area contributed by atoms with E-state index in [1.807, 2.05) is 0 Å². The summed E-state index contributed by atoms with van der Waals surface area (Å²) in [5.41, 5.74) is -0.424. The maximum Gasteiger partial charge on any atom is 0.303 e. The van der Waals surface area contributed by atoms with E-state index in [9.17, 15) is 9.59 Å². The molecule has 3 nitrogen and oxygen atoms in total. The summed E-state index contributed by atoms with van der Waals surface area (Å²) in [4.78, 5) is 24.1. The predicted octanol–water partition coefficient (Wildman–Crippen LogP) is 2.87. The highest BCUT2D eigenvalue weighted by Crippen LogP contribution is 2.56. The fraction of sp³-hybridized carbons (Fsp3) is 0.867. The van der Waals surface area contributed by atoms with Crippen LogP contribution in [0.2, 0.25) is 0 Å². The van der Waals surface area contributed by atoms with Crippen molar-refractivity contribution in [2.24, 2.45) is 17.8 Å². The third kappa shape index (κ3) is 1.63. The van der Waals surface area contributed by atoms with Crippen LogP contribution in [0.15, 0.2) is 0 Å². The van der Waals surface area contributed by atoms with Crippen LogP contribution in [0.5, 0.6) is 0 Å². The monoisotopic (exact) mass is 250 g/mol. The highest BCUT2D eigenvalue weighted by molar-refractivity contribution is 5.88. The van der Waals surface area contributed by atoms with Crippen LogP contribution in [-0.2, 0) is 14.3 Å². The molecule has 0 spiro atoms. The summed E-state index contributed by atoms with van der Waals surface area (Å²) in [5.74, 6) is 0.693. The van der Waals surface area contributed by atoms with Gasteiger partial charge in [-0.15, -0.1) is 0 Å². The zero-order chi connectivity index (χ0) is 12.8. The fourth-order valence-corrected chi connectivity index (χ4v) is 4.78. The summed E-state index contributed by atoms with van der Waals surface area (Å²) in [5, 5.41) is 0. The molecule has 100 valence electrons. The smallest absolute Gasteiger partial charge is 0.303 e. The number of ketones is 1. The van der Waals surface area contributed by atoms with Crippen molar-refractivity contribution in [3.05, 3.63) is 0 Å². The Bertz CT molecular complexity index is 376. The van der Waals surface area contributed by atoms with Gasteiger partial charge in [0.1, 0.15) is 11.4 Å². The number of rotatable bonds is 1. The number of fused-ring (bicyclic) bond motifs is 3. The second kappa shape index (κ2) is 4.36. The van der Waals surface area contributed by atoms with Crippen LogP contribution in [0.25, 0.3) is 0 Å². The molecule has 0 bridgehead atoms. The van der Waals surface area contributed by atoms with Crippen LogP contribution in [0.4, 0.5) is 0 Å². The van der Waals surface area contributed by atoms with Crippen molar-refractivity contribution in [2.45, 2.75) is 63.9 Å². The van der Waals surface area contributed by atoms with E-state index in [-0.39, 0.29) is 17.8 Å². The molecule has 3 aliphatic rings. The maximum absolute atomic E-state index is 12.6. The molecule has 0 aliphatic heterocycles. The molecule has 0 unspecified atom stereocenters. The normalized spacial score (nSPS) is 43.2. The minimum absolute atomic E-state index is 0.00301. The molecule has 0 radical (unpaired) electrons. The zero-order valence-corrected chi connectivity index (χ0v) is 11.1. The van der Waals surface area contributed by atoms with Crippen molar-refractivity contribution in [3.63, 3.8) is 0 Å². The Morgan fingerprint density at radius 1 is 1.17 bits per heavy atom. The first kappa shape index (κ1) is 12.2. The van der Waals surface area contributed by atoms with Crippen LogP contribution in [0.3, 0.4) is 0 Å². The summed E-state index contributed by atoms with van der Waals surface area (Å²) in [6, 6.07) is 0. The number of carbonyl (C=O) groups is 2. The molecule has 0 aromatic rings. The SMILES string of the molecule is CC(=O)O[C@@]12CCCC[C@@H]1C(=O)[C@@H]1CCCC[C@H]12. The average Bonchev–Trinajstić information content (AvgIpc) is 2.60. The Morgan fingerprint density at radius 2 is 1.89 bits per heavy atom. The zero-order valence-electron chi connectivity index (χ0n) is 11.1. The molecule has 0 N–H and O–H groups in total. The van der Waals surface area contributed by atoms with Crippen LogP contribution in [0.1, 0.15) is 58.3 Å². The number of Topliss-reactive ketones (excluding diaryl/α,β-unsaturated/α-hetero) is 1. The Morgan fingerprint density at radius 3 is 2.67 bits per heavy atom. The molecule has 0 amide bonds.